The van der Waals surface area contributed by atoms with Crippen molar-refractivity contribution < 1.29 is 0 Å². The van der Waals surface area contributed by atoms with Gasteiger partial charge in [-0.2, -0.15) is 0 Å². The molecular weight excluding hydrogens is 288 g/mol. The van der Waals surface area contributed by atoms with Gasteiger partial charge in [-0.25, -0.2) is 9.67 Å². The Bertz CT molecular complexity index is 519. The van der Waals surface area contributed by atoms with Gasteiger partial charge >= 0.3 is 0 Å². The molecule has 0 radical (unpaired) electrons. The Hall–Kier alpha value is -0.720. The van der Waals surface area contributed by atoms with Crippen LogP contribution in [-0.4, -0.2) is 14.8 Å². The molecule has 16 heavy (non-hydrogen) atoms. The molecule has 0 bridgehead atoms. The van der Waals surface area contributed by atoms with Crippen molar-refractivity contribution in [1.29, 1.82) is 0 Å². The predicted octanol–water partition coefficient (Wildman–Crippen LogP) is 2.56. The zero-order chi connectivity index (χ0) is 11.1. The van der Waals surface area contributed by atoms with Gasteiger partial charge in [-0.3, -0.25) is 0 Å². The molecule has 1 aliphatic heterocycles. The van der Waals surface area contributed by atoms with Crippen molar-refractivity contribution in [3.05, 3.63) is 21.7 Å². The molecule has 1 atom stereocenters. The van der Waals surface area contributed by atoms with Crippen LogP contribution in [-0.2, 0) is 6.42 Å². The largest absolute Gasteiger partial charge is 0.310 e. The van der Waals surface area contributed by atoms with Crippen LogP contribution in [0.15, 0.2) is 15.9 Å². The van der Waals surface area contributed by atoms with Crippen LogP contribution in [0.5, 0.6) is 0 Å². The summed E-state index contributed by atoms with van der Waals surface area (Å²) in [6.07, 6.45) is 3.07. The van der Waals surface area contributed by atoms with Gasteiger partial charge in [0.2, 0.25) is 0 Å². The van der Waals surface area contributed by atoms with Gasteiger partial charge in [0, 0.05) is 6.42 Å². The van der Waals surface area contributed by atoms with Crippen molar-refractivity contribution in [2.75, 3.05) is 0 Å². The third-order valence-electron chi connectivity index (χ3n) is 2.71. The third-order valence-corrected chi connectivity index (χ3v) is 4.33. The average Bonchev–Trinajstić information content (AvgIpc) is 2.84. The van der Waals surface area contributed by atoms with E-state index in [1.165, 1.54) is 0 Å². The maximum absolute atomic E-state index is 6.00. The van der Waals surface area contributed by atoms with Gasteiger partial charge in [0.25, 0.3) is 0 Å². The van der Waals surface area contributed by atoms with Crippen LogP contribution in [0.2, 0.25) is 0 Å². The first-order chi connectivity index (χ1) is 7.74. The molecule has 2 N–H and O–H groups in total. The molecule has 4 nitrogen and oxygen atoms in total. The summed E-state index contributed by atoms with van der Waals surface area (Å²) in [5, 5.41) is 4.49. The molecule has 3 rings (SSSR count). The highest BCUT2D eigenvalue weighted by Crippen LogP contribution is 2.30. The molecule has 2 aromatic rings. The summed E-state index contributed by atoms with van der Waals surface area (Å²) in [5.41, 5.74) is 6.00. The van der Waals surface area contributed by atoms with E-state index in [2.05, 4.69) is 26.0 Å². The van der Waals surface area contributed by atoms with E-state index in [9.17, 15) is 0 Å². The van der Waals surface area contributed by atoms with Gasteiger partial charge < -0.3 is 5.73 Å². The number of fused-ring (bicyclic) bond motifs is 1. The van der Waals surface area contributed by atoms with Gasteiger partial charge in [0.15, 0.2) is 5.82 Å². The lowest BCUT2D eigenvalue weighted by molar-refractivity contribution is 0.373. The molecule has 0 spiro atoms. The number of halogens is 1. The van der Waals surface area contributed by atoms with Crippen molar-refractivity contribution in [3.8, 4) is 10.7 Å². The van der Waals surface area contributed by atoms with E-state index in [4.69, 9.17) is 5.73 Å². The zero-order valence-corrected chi connectivity index (χ0v) is 11.0. The fourth-order valence-electron chi connectivity index (χ4n) is 1.92. The molecule has 0 aromatic carbocycles. The monoisotopic (exact) mass is 298 g/mol. The summed E-state index contributed by atoms with van der Waals surface area (Å²) < 4.78 is 2.96. The number of nitrogens with two attached hydrogens (primary N) is 1. The smallest absolute Gasteiger partial charge is 0.191 e. The van der Waals surface area contributed by atoms with E-state index >= 15 is 0 Å². The Morgan fingerprint density at radius 3 is 3.06 bits per heavy atom. The van der Waals surface area contributed by atoms with Crippen LogP contribution in [0.4, 0.5) is 0 Å². The maximum Gasteiger partial charge on any atom is 0.191 e. The summed E-state index contributed by atoms with van der Waals surface area (Å²) in [5.74, 6) is 1.81. The molecule has 0 saturated heterocycles. The van der Waals surface area contributed by atoms with E-state index < -0.39 is 0 Å². The topological polar surface area (TPSA) is 56.7 Å². The Balaban J connectivity index is 2.04. The number of hydrogen-bond donors (Lipinski definition) is 1. The second kappa shape index (κ2) is 3.94. The average molecular weight is 299 g/mol. The second-order valence-electron chi connectivity index (χ2n) is 3.86. The van der Waals surface area contributed by atoms with Crippen molar-refractivity contribution in [1.82, 2.24) is 14.8 Å². The van der Waals surface area contributed by atoms with Gasteiger partial charge in [0.05, 0.1) is 8.66 Å². The lowest BCUT2D eigenvalue weighted by atomic mass is 10.1. The van der Waals surface area contributed by atoms with E-state index in [0.29, 0.717) is 0 Å². The van der Waals surface area contributed by atoms with Crippen LogP contribution >= 0.6 is 27.3 Å². The third kappa shape index (κ3) is 1.70. The first-order valence-electron chi connectivity index (χ1n) is 5.21. The minimum atomic E-state index is -0.00611. The van der Waals surface area contributed by atoms with Gasteiger partial charge in [-0.1, -0.05) is 0 Å². The minimum absolute atomic E-state index is 0.00611. The van der Waals surface area contributed by atoms with Crippen molar-refractivity contribution >= 4 is 27.3 Å². The highest BCUT2D eigenvalue weighted by Gasteiger charge is 2.20. The fourth-order valence-corrected chi connectivity index (χ4v) is 3.24. The highest BCUT2D eigenvalue weighted by molar-refractivity contribution is 9.11. The molecular formula is C10H11BrN4S. The second-order valence-corrected chi connectivity index (χ2v) is 6.32. The van der Waals surface area contributed by atoms with E-state index in [1.54, 1.807) is 11.3 Å². The fraction of sp³-hybridized carbons (Fsp3) is 0.400. The van der Waals surface area contributed by atoms with Gasteiger partial charge in [0.1, 0.15) is 12.0 Å². The van der Waals surface area contributed by atoms with Crippen LogP contribution in [0.25, 0.3) is 10.7 Å². The SMILES string of the molecule is NC1CCCc2nc(-c3ccc(Br)s3)nn21. The summed E-state index contributed by atoms with van der Waals surface area (Å²) in [6.45, 7) is 0. The van der Waals surface area contributed by atoms with Crippen LogP contribution < -0.4 is 5.73 Å². The van der Waals surface area contributed by atoms with Gasteiger partial charge in [-0.15, -0.1) is 16.4 Å². The molecule has 0 saturated carbocycles. The summed E-state index contributed by atoms with van der Waals surface area (Å²) in [7, 11) is 0. The number of aryl methyl sites for hydroxylation is 1. The normalized spacial score (nSPS) is 19.8. The van der Waals surface area contributed by atoms with E-state index in [1.807, 2.05) is 16.8 Å². The molecule has 1 aliphatic rings. The lowest BCUT2D eigenvalue weighted by Crippen LogP contribution is -2.25. The minimum Gasteiger partial charge on any atom is -0.310 e. The molecule has 2 aromatic heterocycles. The van der Waals surface area contributed by atoms with E-state index in [0.717, 1.165) is 39.6 Å². The Labute approximate surface area is 106 Å². The lowest BCUT2D eigenvalue weighted by Gasteiger charge is -2.18. The Kier molecular flexibility index (Phi) is 2.57. The Morgan fingerprint density at radius 1 is 1.50 bits per heavy atom. The number of hydrogen-bond acceptors (Lipinski definition) is 4. The van der Waals surface area contributed by atoms with Crippen LogP contribution in [0, 0.1) is 0 Å². The van der Waals surface area contributed by atoms with Gasteiger partial charge in [-0.05, 0) is 40.9 Å². The Morgan fingerprint density at radius 2 is 2.38 bits per heavy atom. The number of rotatable bonds is 1. The molecule has 0 amide bonds. The first-order valence-corrected chi connectivity index (χ1v) is 6.82. The summed E-state index contributed by atoms with van der Waals surface area (Å²) in [6, 6.07) is 4.04. The van der Waals surface area contributed by atoms with Crippen molar-refractivity contribution in [3.63, 3.8) is 0 Å². The molecule has 84 valence electrons. The van der Waals surface area contributed by atoms with Crippen molar-refractivity contribution in [2.24, 2.45) is 5.73 Å². The number of aromatic nitrogens is 3. The summed E-state index contributed by atoms with van der Waals surface area (Å²) >= 11 is 5.09. The number of thiophene rings is 1. The molecule has 0 fully saturated rings. The van der Waals surface area contributed by atoms with Crippen molar-refractivity contribution in [2.45, 2.75) is 25.4 Å². The first kappa shape index (κ1) is 10.4. The molecule has 1 unspecified atom stereocenters. The maximum atomic E-state index is 6.00. The standard InChI is InChI=1S/C10H11BrN4S/c11-7-5-4-6(16-7)10-13-9-3-1-2-8(12)15(9)14-10/h4-5,8H,1-3,12H2. The highest BCUT2D eigenvalue weighted by atomic mass is 79.9. The zero-order valence-electron chi connectivity index (χ0n) is 8.56. The molecule has 0 aliphatic carbocycles. The molecule has 6 heteroatoms. The van der Waals surface area contributed by atoms with Crippen LogP contribution in [0.1, 0.15) is 24.8 Å². The van der Waals surface area contributed by atoms with E-state index in [-0.39, 0.29) is 6.17 Å². The molecule has 3 heterocycles. The van der Waals surface area contributed by atoms with Crippen LogP contribution in [0.3, 0.4) is 0 Å². The quantitative estimate of drug-likeness (QED) is 0.880. The predicted molar refractivity (Wildman–Crippen MR) is 67.2 cm³/mol. The summed E-state index contributed by atoms with van der Waals surface area (Å²) in [4.78, 5) is 5.63. The number of nitrogens with zero attached hydrogens (tertiary/aromatic N) is 3.